The van der Waals surface area contributed by atoms with Crippen LogP contribution in [0.25, 0.3) is 0 Å². The Hall–Kier alpha value is -1.38. The number of benzene rings is 1. The highest BCUT2D eigenvalue weighted by Crippen LogP contribution is 2.27. The third kappa shape index (κ3) is 2.78. The third-order valence-electron chi connectivity index (χ3n) is 2.48. The van der Waals surface area contributed by atoms with E-state index in [-0.39, 0.29) is 0 Å². The first-order valence-electron chi connectivity index (χ1n) is 5.31. The van der Waals surface area contributed by atoms with Crippen molar-refractivity contribution in [1.82, 2.24) is 0 Å². The maximum atomic E-state index is 5.81. The van der Waals surface area contributed by atoms with E-state index >= 15 is 0 Å². The van der Waals surface area contributed by atoms with Gasteiger partial charge in [0.1, 0.15) is 5.75 Å². The molecule has 3 heteroatoms. The largest absolute Gasteiger partial charge is 0.492 e. The minimum absolute atomic E-state index is 0.461. The number of hydrogen-bond acceptors (Lipinski definition) is 3. The monoisotopic (exact) mass is 208 g/mol. The maximum Gasteiger partial charge on any atom is 0.144 e. The van der Waals surface area contributed by atoms with Crippen LogP contribution in [0.4, 0.5) is 11.4 Å². The second-order valence-corrected chi connectivity index (χ2v) is 3.86. The molecule has 0 amide bonds. The molecule has 0 saturated carbocycles. The predicted molar refractivity (Wildman–Crippen MR) is 65.6 cm³/mol. The molecular weight excluding hydrogens is 188 g/mol. The minimum atomic E-state index is 0.461. The summed E-state index contributed by atoms with van der Waals surface area (Å²) < 4.78 is 5.46. The van der Waals surface area contributed by atoms with Crippen molar-refractivity contribution in [2.45, 2.75) is 26.8 Å². The Kier molecular flexibility index (Phi) is 3.83. The third-order valence-corrected chi connectivity index (χ3v) is 2.48. The Morgan fingerprint density at radius 3 is 2.60 bits per heavy atom. The summed E-state index contributed by atoms with van der Waals surface area (Å²) in [5, 5.41) is 0. The van der Waals surface area contributed by atoms with Gasteiger partial charge >= 0.3 is 0 Å². The SMILES string of the molecule is CCOc1cc(N(C)C(C)C)ccc1N. The molecule has 2 N–H and O–H groups in total. The van der Waals surface area contributed by atoms with E-state index in [9.17, 15) is 0 Å². The Balaban J connectivity index is 2.96. The van der Waals surface area contributed by atoms with Gasteiger partial charge < -0.3 is 15.4 Å². The average molecular weight is 208 g/mol. The van der Waals surface area contributed by atoms with Crippen LogP contribution in [0.3, 0.4) is 0 Å². The second-order valence-electron chi connectivity index (χ2n) is 3.86. The lowest BCUT2D eigenvalue weighted by molar-refractivity contribution is 0.342. The Labute approximate surface area is 91.8 Å². The van der Waals surface area contributed by atoms with Crippen LogP contribution >= 0.6 is 0 Å². The van der Waals surface area contributed by atoms with Gasteiger partial charge in [0.25, 0.3) is 0 Å². The maximum absolute atomic E-state index is 5.81. The van der Waals surface area contributed by atoms with Crippen molar-refractivity contribution in [3.8, 4) is 5.75 Å². The van der Waals surface area contributed by atoms with Gasteiger partial charge in [-0.3, -0.25) is 0 Å². The van der Waals surface area contributed by atoms with Gasteiger partial charge in [-0.25, -0.2) is 0 Å². The van der Waals surface area contributed by atoms with Crippen LogP contribution in [0.1, 0.15) is 20.8 Å². The fourth-order valence-electron chi connectivity index (χ4n) is 1.32. The molecule has 15 heavy (non-hydrogen) atoms. The van der Waals surface area contributed by atoms with Crippen LogP contribution in [0.5, 0.6) is 5.75 Å². The van der Waals surface area contributed by atoms with Crippen molar-refractivity contribution in [2.75, 3.05) is 24.3 Å². The summed E-state index contributed by atoms with van der Waals surface area (Å²) in [5.41, 5.74) is 7.63. The number of hydrogen-bond donors (Lipinski definition) is 1. The lowest BCUT2D eigenvalue weighted by Crippen LogP contribution is -2.25. The molecule has 1 aromatic rings. The van der Waals surface area contributed by atoms with Gasteiger partial charge in [-0.1, -0.05) is 0 Å². The fraction of sp³-hybridized carbons (Fsp3) is 0.500. The number of nitrogens with zero attached hydrogens (tertiary/aromatic N) is 1. The van der Waals surface area contributed by atoms with Crippen LogP contribution in [0.2, 0.25) is 0 Å². The van der Waals surface area contributed by atoms with Crippen LogP contribution in [-0.2, 0) is 0 Å². The van der Waals surface area contributed by atoms with Crippen molar-refractivity contribution in [2.24, 2.45) is 0 Å². The fourth-order valence-corrected chi connectivity index (χ4v) is 1.32. The van der Waals surface area contributed by atoms with E-state index in [0.29, 0.717) is 18.3 Å². The Morgan fingerprint density at radius 1 is 1.40 bits per heavy atom. The molecule has 0 saturated heterocycles. The molecular formula is C12H20N2O. The topological polar surface area (TPSA) is 38.5 Å². The quantitative estimate of drug-likeness (QED) is 0.773. The molecule has 0 fully saturated rings. The van der Waals surface area contributed by atoms with Gasteiger partial charge in [-0.05, 0) is 32.9 Å². The molecule has 1 aromatic carbocycles. The van der Waals surface area contributed by atoms with E-state index < -0.39 is 0 Å². The molecule has 0 spiro atoms. The van der Waals surface area contributed by atoms with E-state index in [4.69, 9.17) is 10.5 Å². The average Bonchev–Trinajstić information content (AvgIpc) is 2.20. The van der Waals surface area contributed by atoms with Gasteiger partial charge in [-0.2, -0.15) is 0 Å². The van der Waals surface area contributed by atoms with Crippen LogP contribution in [0, 0.1) is 0 Å². The molecule has 3 nitrogen and oxygen atoms in total. The molecule has 1 rings (SSSR count). The second kappa shape index (κ2) is 4.91. The number of rotatable bonds is 4. The highest BCUT2D eigenvalue weighted by atomic mass is 16.5. The summed E-state index contributed by atoms with van der Waals surface area (Å²) in [5.74, 6) is 0.766. The van der Waals surface area contributed by atoms with Crippen LogP contribution in [0.15, 0.2) is 18.2 Å². The minimum Gasteiger partial charge on any atom is -0.492 e. The molecule has 0 aromatic heterocycles. The van der Waals surface area contributed by atoms with Gasteiger partial charge in [0, 0.05) is 24.8 Å². The number of anilines is 2. The van der Waals surface area contributed by atoms with Crippen molar-refractivity contribution in [3.05, 3.63) is 18.2 Å². The van der Waals surface area contributed by atoms with Gasteiger partial charge in [-0.15, -0.1) is 0 Å². The number of ether oxygens (including phenoxy) is 1. The predicted octanol–water partition coefficient (Wildman–Crippen LogP) is 2.51. The molecule has 0 aliphatic heterocycles. The van der Waals surface area contributed by atoms with Crippen LogP contribution in [-0.4, -0.2) is 19.7 Å². The summed E-state index contributed by atoms with van der Waals surface area (Å²) in [6, 6.07) is 6.35. The summed E-state index contributed by atoms with van der Waals surface area (Å²) in [7, 11) is 2.06. The lowest BCUT2D eigenvalue weighted by atomic mass is 10.2. The van der Waals surface area contributed by atoms with E-state index in [1.807, 2.05) is 25.1 Å². The molecule has 0 aliphatic rings. The van der Waals surface area contributed by atoms with Gasteiger partial charge in [0.2, 0.25) is 0 Å². The van der Waals surface area contributed by atoms with Crippen molar-refractivity contribution in [3.63, 3.8) is 0 Å². The molecule has 0 aliphatic carbocycles. The normalized spacial score (nSPS) is 10.5. The molecule has 0 heterocycles. The Bertz CT molecular complexity index is 323. The molecule has 0 radical (unpaired) electrons. The van der Waals surface area contributed by atoms with Crippen molar-refractivity contribution >= 4 is 11.4 Å². The van der Waals surface area contributed by atoms with Crippen LogP contribution < -0.4 is 15.4 Å². The summed E-state index contributed by atoms with van der Waals surface area (Å²) in [4.78, 5) is 2.18. The zero-order valence-corrected chi connectivity index (χ0v) is 9.95. The first-order chi connectivity index (χ1) is 7.06. The summed E-state index contributed by atoms with van der Waals surface area (Å²) in [6.45, 7) is 6.89. The number of nitrogen functional groups attached to an aromatic ring is 1. The molecule has 0 atom stereocenters. The van der Waals surface area contributed by atoms with Crippen molar-refractivity contribution < 1.29 is 4.74 Å². The zero-order chi connectivity index (χ0) is 11.4. The van der Waals surface area contributed by atoms with E-state index in [0.717, 1.165) is 11.4 Å². The van der Waals surface area contributed by atoms with Gasteiger partial charge in [0.05, 0.1) is 12.3 Å². The first-order valence-corrected chi connectivity index (χ1v) is 5.31. The Morgan fingerprint density at radius 2 is 2.07 bits per heavy atom. The zero-order valence-electron chi connectivity index (χ0n) is 9.95. The molecule has 84 valence electrons. The standard InChI is InChI=1S/C12H20N2O/c1-5-15-12-8-10(6-7-11(12)13)14(4)9(2)3/h6-9H,5,13H2,1-4H3. The summed E-state index contributed by atoms with van der Waals surface area (Å²) >= 11 is 0. The highest BCUT2D eigenvalue weighted by molar-refractivity contribution is 5.62. The van der Waals surface area contributed by atoms with E-state index in [1.54, 1.807) is 0 Å². The highest BCUT2D eigenvalue weighted by Gasteiger charge is 2.07. The van der Waals surface area contributed by atoms with E-state index in [2.05, 4.69) is 25.8 Å². The first kappa shape index (κ1) is 11.7. The smallest absolute Gasteiger partial charge is 0.144 e. The van der Waals surface area contributed by atoms with E-state index in [1.165, 1.54) is 0 Å². The lowest BCUT2D eigenvalue weighted by Gasteiger charge is -2.24. The molecule has 0 unspecified atom stereocenters. The number of nitrogens with two attached hydrogens (primary N) is 1. The summed E-state index contributed by atoms with van der Waals surface area (Å²) in [6.07, 6.45) is 0. The van der Waals surface area contributed by atoms with Crippen molar-refractivity contribution in [1.29, 1.82) is 0 Å². The molecule has 0 bridgehead atoms. The van der Waals surface area contributed by atoms with Gasteiger partial charge in [0.15, 0.2) is 0 Å².